The summed E-state index contributed by atoms with van der Waals surface area (Å²) in [6.45, 7) is 5.95. The molecule has 2 N–H and O–H groups in total. The van der Waals surface area contributed by atoms with Crippen molar-refractivity contribution >= 4 is 21.8 Å². The van der Waals surface area contributed by atoms with E-state index in [0.717, 1.165) is 12.8 Å². The molecule has 0 aliphatic carbocycles. The number of amides is 2. The number of rotatable bonds is 11. The molecule has 0 aliphatic heterocycles. The normalized spacial score (nSPS) is 12.4. The molecule has 31 heavy (non-hydrogen) atoms. The second-order valence-electron chi connectivity index (χ2n) is 7.29. The topological polar surface area (TPSA) is 95.6 Å². The van der Waals surface area contributed by atoms with Crippen molar-refractivity contribution < 1.29 is 18.0 Å². The minimum absolute atomic E-state index is 0.0350. The van der Waals surface area contributed by atoms with Gasteiger partial charge in [0.15, 0.2) is 0 Å². The second-order valence-corrected chi connectivity index (χ2v) is 9.23. The maximum Gasteiger partial charge on any atom is 0.251 e. The first-order valence-corrected chi connectivity index (χ1v) is 11.9. The van der Waals surface area contributed by atoms with Gasteiger partial charge in [-0.3, -0.25) is 9.59 Å². The molecule has 0 aromatic heterocycles. The van der Waals surface area contributed by atoms with Gasteiger partial charge in [-0.25, -0.2) is 8.42 Å². The molecule has 1 unspecified atom stereocenters. The van der Waals surface area contributed by atoms with Gasteiger partial charge in [0, 0.05) is 24.7 Å². The van der Waals surface area contributed by atoms with E-state index in [9.17, 15) is 18.0 Å². The molecular formula is C23H31N3O4S. The van der Waals surface area contributed by atoms with Gasteiger partial charge in [-0.2, -0.15) is 4.31 Å². The molecule has 0 bridgehead atoms. The monoisotopic (exact) mass is 445 g/mol. The third-order valence-electron chi connectivity index (χ3n) is 4.97. The third-order valence-corrected chi connectivity index (χ3v) is 7.01. The molecule has 8 heteroatoms. The van der Waals surface area contributed by atoms with Crippen LogP contribution in [0.5, 0.6) is 0 Å². The first kappa shape index (κ1) is 24.6. The van der Waals surface area contributed by atoms with Crippen LogP contribution in [0.4, 0.5) is 0 Å². The van der Waals surface area contributed by atoms with Crippen LogP contribution in [0.15, 0.2) is 59.5 Å². The van der Waals surface area contributed by atoms with E-state index in [1.807, 2.05) is 37.3 Å². The first-order valence-electron chi connectivity index (χ1n) is 10.5. The maximum atomic E-state index is 12.7. The highest BCUT2D eigenvalue weighted by Crippen LogP contribution is 2.17. The molecule has 2 aromatic rings. The Morgan fingerprint density at radius 3 is 2.32 bits per heavy atom. The van der Waals surface area contributed by atoms with E-state index in [1.54, 1.807) is 13.8 Å². The number of benzene rings is 2. The average Bonchev–Trinajstić information content (AvgIpc) is 2.77. The molecule has 0 spiro atoms. The Bertz CT molecular complexity index is 973. The number of hydrogen-bond acceptors (Lipinski definition) is 4. The van der Waals surface area contributed by atoms with Gasteiger partial charge in [0.25, 0.3) is 5.91 Å². The summed E-state index contributed by atoms with van der Waals surface area (Å²) in [6.07, 6.45) is 1.64. The molecule has 7 nitrogen and oxygen atoms in total. The van der Waals surface area contributed by atoms with E-state index >= 15 is 0 Å². The zero-order valence-corrected chi connectivity index (χ0v) is 19.1. The van der Waals surface area contributed by atoms with Gasteiger partial charge in [-0.05, 0) is 43.5 Å². The molecule has 2 rings (SSSR count). The van der Waals surface area contributed by atoms with Crippen LogP contribution in [-0.2, 0) is 21.2 Å². The molecule has 2 amide bonds. The maximum absolute atomic E-state index is 12.7. The molecule has 0 saturated carbocycles. The largest absolute Gasteiger partial charge is 0.352 e. The molecule has 2 aromatic carbocycles. The van der Waals surface area contributed by atoms with E-state index in [0.29, 0.717) is 13.1 Å². The van der Waals surface area contributed by atoms with Crippen molar-refractivity contribution in [3.05, 3.63) is 65.7 Å². The number of nitrogens with one attached hydrogen (secondary N) is 2. The van der Waals surface area contributed by atoms with Gasteiger partial charge in [0.1, 0.15) is 0 Å². The number of aryl methyl sites for hydroxylation is 1. The molecule has 1 atom stereocenters. The fourth-order valence-electron chi connectivity index (χ4n) is 3.20. The smallest absolute Gasteiger partial charge is 0.251 e. The van der Waals surface area contributed by atoms with Crippen LogP contribution < -0.4 is 10.6 Å². The van der Waals surface area contributed by atoms with Crippen molar-refractivity contribution in [3.63, 3.8) is 0 Å². The quantitative estimate of drug-likeness (QED) is 0.556. The lowest BCUT2D eigenvalue weighted by Crippen LogP contribution is -2.41. The summed E-state index contributed by atoms with van der Waals surface area (Å²) in [6, 6.07) is 15.8. The Morgan fingerprint density at radius 2 is 1.68 bits per heavy atom. The summed E-state index contributed by atoms with van der Waals surface area (Å²) in [5.74, 6) is -0.787. The van der Waals surface area contributed by atoms with E-state index in [-0.39, 0.29) is 29.0 Å². The fraction of sp³-hybridized carbons (Fsp3) is 0.391. The van der Waals surface area contributed by atoms with Crippen LogP contribution in [0.3, 0.4) is 0 Å². The molecule has 0 aliphatic rings. The lowest BCUT2D eigenvalue weighted by molar-refractivity contribution is -0.120. The van der Waals surface area contributed by atoms with Crippen LogP contribution in [0.2, 0.25) is 0 Å². The Kier molecular flexibility index (Phi) is 9.21. The Labute approximate surface area is 184 Å². The van der Waals surface area contributed by atoms with Gasteiger partial charge >= 0.3 is 0 Å². The molecule has 168 valence electrons. The summed E-state index contributed by atoms with van der Waals surface area (Å²) in [7, 11) is -3.66. The van der Waals surface area contributed by atoms with Gasteiger partial charge in [0.2, 0.25) is 15.9 Å². The minimum Gasteiger partial charge on any atom is -0.352 e. The highest BCUT2D eigenvalue weighted by atomic mass is 32.2. The standard InChI is InChI=1S/C23H31N3O4S/c1-4-26(5-2)31(29,30)21-13-9-12-20(16-21)23(28)24-17-22(27)25-18(3)14-15-19-10-7-6-8-11-19/h6-13,16,18H,4-5,14-15,17H2,1-3H3,(H,24,28)(H,25,27). The van der Waals surface area contributed by atoms with Crippen molar-refractivity contribution in [1.82, 2.24) is 14.9 Å². The number of hydrogen-bond donors (Lipinski definition) is 2. The number of sulfonamides is 1. The SMILES string of the molecule is CCN(CC)S(=O)(=O)c1cccc(C(=O)NCC(=O)NC(C)CCc2ccccc2)c1. The van der Waals surface area contributed by atoms with Crippen LogP contribution >= 0.6 is 0 Å². The first-order chi connectivity index (χ1) is 14.8. The van der Waals surface area contributed by atoms with Crippen molar-refractivity contribution in [2.45, 2.75) is 44.6 Å². The van der Waals surface area contributed by atoms with Crippen LogP contribution in [-0.4, -0.2) is 50.2 Å². The third kappa shape index (κ3) is 7.18. The summed E-state index contributed by atoms with van der Waals surface area (Å²) < 4.78 is 26.6. The van der Waals surface area contributed by atoms with Crippen molar-refractivity contribution in [1.29, 1.82) is 0 Å². The van der Waals surface area contributed by atoms with Crippen molar-refractivity contribution in [2.75, 3.05) is 19.6 Å². The van der Waals surface area contributed by atoms with Crippen LogP contribution in [0.25, 0.3) is 0 Å². The number of nitrogens with zero attached hydrogens (tertiary/aromatic N) is 1. The van der Waals surface area contributed by atoms with Gasteiger partial charge in [-0.1, -0.05) is 50.2 Å². The molecule has 0 heterocycles. The Balaban J connectivity index is 1.88. The van der Waals surface area contributed by atoms with Gasteiger partial charge in [0.05, 0.1) is 11.4 Å². The number of carbonyl (C=O) groups excluding carboxylic acids is 2. The summed E-state index contributed by atoms with van der Waals surface area (Å²) in [5.41, 5.74) is 1.40. The van der Waals surface area contributed by atoms with Crippen molar-refractivity contribution in [3.8, 4) is 0 Å². The summed E-state index contributed by atoms with van der Waals surface area (Å²) in [5, 5.41) is 5.42. The fourth-order valence-corrected chi connectivity index (χ4v) is 4.70. The zero-order chi connectivity index (χ0) is 22.9. The minimum atomic E-state index is -3.66. The lowest BCUT2D eigenvalue weighted by Gasteiger charge is -2.18. The van der Waals surface area contributed by atoms with Crippen molar-refractivity contribution in [2.24, 2.45) is 0 Å². The van der Waals surface area contributed by atoms with E-state index in [2.05, 4.69) is 10.6 Å². The highest BCUT2D eigenvalue weighted by molar-refractivity contribution is 7.89. The molecule has 0 radical (unpaired) electrons. The van der Waals surface area contributed by atoms with Crippen LogP contribution in [0.1, 0.15) is 43.1 Å². The van der Waals surface area contributed by atoms with Gasteiger partial charge < -0.3 is 10.6 Å². The van der Waals surface area contributed by atoms with E-state index in [4.69, 9.17) is 0 Å². The zero-order valence-electron chi connectivity index (χ0n) is 18.3. The molecule has 0 fully saturated rings. The average molecular weight is 446 g/mol. The van der Waals surface area contributed by atoms with E-state index in [1.165, 1.54) is 34.1 Å². The van der Waals surface area contributed by atoms with Gasteiger partial charge in [-0.15, -0.1) is 0 Å². The lowest BCUT2D eigenvalue weighted by atomic mass is 10.1. The van der Waals surface area contributed by atoms with Crippen LogP contribution in [0, 0.1) is 0 Å². The second kappa shape index (κ2) is 11.6. The predicted molar refractivity (Wildman–Crippen MR) is 121 cm³/mol. The Hall–Kier alpha value is -2.71. The van der Waals surface area contributed by atoms with E-state index < -0.39 is 15.9 Å². The predicted octanol–water partition coefficient (Wildman–Crippen LogP) is 2.58. The molecular weight excluding hydrogens is 414 g/mol. The Morgan fingerprint density at radius 1 is 1.00 bits per heavy atom. The highest BCUT2D eigenvalue weighted by Gasteiger charge is 2.22. The summed E-state index contributed by atoms with van der Waals surface area (Å²) in [4.78, 5) is 24.7. The summed E-state index contributed by atoms with van der Waals surface area (Å²) >= 11 is 0. The molecule has 0 saturated heterocycles. The number of carbonyl (C=O) groups is 2.